The van der Waals surface area contributed by atoms with Crippen LogP contribution in [0.5, 0.6) is 0 Å². The molecule has 1 saturated heterocycles. The lowest BCUT2D eigenvalue weighted by atomic mass is 10.0. The fourth-order valence-corrected chi connectivity index (χ4v) is 2.32. The van der Waals surface area contributed by atoms with E-state index in [9.17, 15) is 9.59 Å². The van der Waals surface area contributed by atoms with Gasteiger partial charge in [-0.25, -0.2) is 0 Å². The summed E-state index contributed by atoms with van der Waals surface area (Å²) in [5, 5.41) is 2.92. The van der Waals surface area contributed by atoms with Crippen LogP contribution in [0.4, 0.5) is 0 Å². The van der Waals surface area contributed by atoms with Crippen molar-refractivity contribution in [2.45, 2.75) is 31.8 Å². The zero-order valence-corrected chi connectivity index (χ0v) is 11.7. The largest absolute Gasteiger partial charge is 0.352 e. The highest BCUT2D eigenvalue weighted by Gasteiger charge is 2.24. The predicted molar refractivity (Wildman–Crippen MR) is 77.2 cm³/mol. The number of amides is 2. The number of hydrogen-bond acceptors (Lipinski definition) is 3. The molecule has 5 heteroatoms. The molecule has 2 amide bonds. The first-order valence-corrected chi connectivity index (χ1v) is 6.98. The van der Waals surface area contributed by atoms with Crippen LogP contribution in [-0.4, -0.2) is 41.9 Å². The molecule has 0 bridgehead atoms. The number of rotatable bonds is 3. The number of nitrogens with one attached hydrogen (secondary N) is 1. The molecular formula is C15H21N3O2. The van der Waals surface area contributed by atoms with Crippen molar-refractivity contribution in [1.82, 2.24) is 10.2 Å². The number of likely N-dealkylation sites (tertiary alicyclic amines) is 1. The molecule has 3 N–H and O–H groups in total. The lowest BCUT2D eigenvalue weighted by Gasteiger charge is -2.32. The van der Waals surface area contributed by atoms with Crippen molar-refractivity contribution in [3.05, 3.63) is 35.9 Å². The van der Waals surface area contributed by atoms with Gasteiger partial charge in [0.2, 0.25) is 5.91 Å². The Kier molecular flexibility index (Phi) is 4.74. The second kappa shape index (κ2) is 6.52. The number of carbonyl (C=O) groups excluding carboxylic acids is 2. The molecule has 1 heterocycles. The van der Waals surface area contributed by atoms with Crippen LogP contribution >= 0.6 is 0 Å². The maximum atomic E-state index is 12.3. The quantitative estimate of drug-likeness (QED) is 0.855. The summed E-state index contributed by atoms with van der Waals surface area (Å²) in [7, 11) is 0. The van der Waals surface area contributed by atoms with Gasteiger partial charge in [-0.2, -0.15) is 0 Å². The van der Waals surface area contributed by atoms with Gasteiger partial charge in [-0.05, 0) is 31.9 Å². The van der Waals surface area contributed by atoms with E-state index < -0.39 is 6.04 Å². The SMILES string of the molecule is C[C@@H](N)C(=O)NC1CCN(C(=O)c2ccccc2)CC1. The molecule has 1 aliphatic rings. The molecule has 108 valence electrons. The Balaban J connectivity index is 1.85. The molecule has 1 aromatic carbocycles. The molecule has 1 aliphatic heterocycles. The van der Waals surface area contributed by atoms with E-state index in [4.69, 9.17) is 5.73 Å². The minimum atomic E-state index is -0.487. The first-order chi connectivity index (χ1) is 9.58. The monoisotopic (exact) mass is 275 g/mol. The minimum absolute atomic E-state index is 0.0579. The van der Waals surface area contributed by atoms with Crippen molar-refractivity contribution in [1.29, 1.82) is 0 Å². The summed E-state index contributed by atoms with van der Waals surface area (Å²) in [6.45, 7) is 3.00. The molecule has 0 spiro atoms. The lowest BCUT2D eigenvalue weighted by molar-refractivity contribution is -0.122. The fourth-order valence-electron chi connectivity index (χ4n) is 2.32. The number of piperidine rings is 1. The Labute approximate surface area is 119 Å². The van der Waals surface area contributed by atoms with Crippen LogP contribution in [0.15, 0.2) is 30.3 Å². The Bertz CT molecular complexity index is 465. The second-order valence-electron chi connectivity index (χ2n) is 5.23. The van der Waals surface area contributed by atoms with Crippen LogP contribution in [0, 0.1) is 0 Å². The van der Waals surface area contributed by atoms with E-state index in [2.05, 4.69) is 5.32 Å². The number of carbonyl (C=O) groups is 2. The molecule has 0 radical (unpaired) electrons. The van der Waals surface area contributed by atoms with Crippen LogP contribution in [0.3, 0.4) is 0 Å². The number of nitrogens with zero attached hydrogens (tertiary/aromatic N) is 1. The maximum absolute atomic E-state index is 12.3. The van der Waals surface area contributed by atoms with Crippen molar-refractivity contribution in [3.63, 3.8) is 0 Å². The zero-order valence-electron chi connectivity index (χ0n) is 11.7. The molecular weight excluding hydrogens is 254 g/mol. The summed E-state index contributed by atoms with van der Waals surface area (Å²) >= 11 is 0. The first kappa shape index (κ1) is 14.5. The Morgan fingerprint density at radius 2 is 1.85 bits per heavy atom. The summed E-state index contributed by atoms with van der Waals surface area (Å²) in [4.78, 5) is 25.6. The van der Waals surface area contributed by atoms with Gasteiger partial charge >= 0.3 is 0 Å². The normalized spacial score (nSPS) is 17.6. The minimum Gasteiger partial charge on any atom is -0.352 e. The number of hydrogen-bond donors (Lipinski definition) is 2. The van der Waals surface area contributed by atoms with Crippen LogP contribution in [0.2, 0.25) is 0 Å². The summed E-state index contributed by atoms with van der Waals surface area (Å²) in [5.74, 6) is -0.0691. The first-order valence-electron chi connectivity index (χ1n) is 6.98. The molecule has 5 nitrogen and oxygen atoms in total. The standard InChI is InChI=1S/C15H21N3O2/c1-11(16)14(19)17-13-7-9-18(10-8-13)15(20)12-5-3-2-4-6-12/h2-6,11,13H,7-10,16H2,1H3,(H,17,19)/t11-/m1/s1. The van der Waals surface area contributed by atoms with Crippen molar-refractivity contribution >= 4 is 11.8 Å². The van der Waals surface area contributed by atoms with E-state index in [1.165, 1.54) is 0 Å². The van der Waals surface area contributed by atoms with Gasteiger partial charge in [0.15, 0.2) is 0 Å². The summed E-state index contributed by atoms with van der Waals surface area (Å²) in [5.41, 5.74) is 6.24. The molecule has 0 aliphatic carbocycles. The number of benzene rings is 1. The molecule has 0 aromatic heterocycles. The average Bonchev–Trinajstić information content (AvgIpc) is 2.48. The topological polar surface area (TPSA) is 75.4 Å². The van der Waals surface area contributed by atoms with E-state index in [-0.39, 0.29) is 17.9 Å². The van der Waals surface area contributed by atoms with E-state index in [0.29, 0.717) is 18.7 Å². The maximum Gasteiger partial charge on any atom is 0.253 e. The zero-order chi connectivity index (χ0) is 14.5. The van der Waals surface area contributed by atoms with Gasteiger partial charge < -0.3 is 16.0 Å². The molecule has 1 atom stereocenters. The van der Waals surface area contributed by atoms with Crippen molar-refractivity contribution < 1.29 is 9.59 Å². The van der Waals surface area contributed by atoms with E-state index in [1.54, 1.807) is 6.92 Å². The van der Waals surface area contributed by atoms with Crippen molar-refractivity contribution in [3.8, 4) is 0 Å². The summed E-state index contributed by atoms with van der Waals surface area (Å²) < 4.78 is 0. The highest BCUT2D eigenvalue weighted by Crippen LogP contribution is 2.14. The summed E-state index contributed by atoms with van der Waals surface area (Å²) in [6.07, 6.45) is 1.55. The Morgan fingerprint density at radius 1 is 1.25 bits per heavy atom. The average molecular weight is 275 g/mol. The molecule has 1 aromatic rings. The van der Waals surface area contributed by atoms with Gasteiger partial charge in [0, 0.05) is 24.7 Å². The van der Waals surface area contributed by atoms with E-state index in [0.717, 1.165) is 12.8 Å². The lowest BCUT2D eigenvalue weighted by Crippen LogP contribution is -2.49. The molecule has 2 rings (SSSR count). The predicted octanol–water partition coefficient (Wildman–Crippen LogP) is 0.755. The molecule has 0 unspecified atom stereocenters. The van der Waals surface area contributed by atoms with Crippen molar-refractivity contribution in [2.24, 2.45) is 5.73 Å². The third-order valence-electron chi connectivity index (χ3n) is 3.56. The van der Waals surface area contributed by atoms with Crippen LogP contribution < -0.4 is 11.1 Å². The molecule has 1 fully saturated rings. The smallest absolute Gasteiger partial charge is 0.253 e. The van der Waals surface area contributed by atoms with Gasteiger partial charge in [0.1, 0.15) is 0 Å². The Morgan fingerprint density at radius 3 is 2.40 bits per heavy atom. The highest BCUT2D eigenvalue weighted by molar-refractivity contribution is 5.94. The molecule has 20 heavy (non-hydrogen) atoms. The third kappa shape index (κ3) is 3.57. The van der Waals surface area contributed by atoms with Gasteiger partial charge in [0.05, 0.1) is 6.04 Å². The van der Waals surface area contributed by atoms with E-state index >= 15 is 0 Å². The fraction of sp³-hybridized carbons (Fsp3) is 0.467. The van der Waals surface area contributed by atoms with Gasteiger partial charge in [0.25, 0.3) is 5.91 Å². The van der Waals surface area contributed by atoms with Crippen LogP contribution in [-0.2, 0) is 4.79 Å². The van der Waals surface area contributed by atoms with Gasteiger partial charge in [-0.3, -0.25) is 9.59 Å². The van der Waals surface area contributed by atoms with Crippen LogP contribution in [0.25, 0.3) is 0 Å². The van der Waals surface area contributed by atoms with Crippen molar-refractivity contribution in [2.75, 3.05) is 13.1 Å². The number of nitrogens with two attached hydrogens (primary N) is 1. The molecule has 0 saturated carbocycles. The van der Waals surface area contributed by atoms with Crippen LogP contribution in [0.1, 0.15) is 30.1 Å². The Hall–Kier alpha value is -1.88. The second-order valence-corrected chi connectivity index (χ2v) is 5.23. The van der Waals surface area contributed by atoms with E-state index in [1.807, 2.05) is 35.2 Å². The summed E-state index contributed by atoms with van der Waals surface area (Å²) in [6, 6.07) is 8.91. The van der Waals surface area contributed by atoms with Gasteiger partial charge in [-0.15, -0.1) is 0 Å². The van der Waals surface area contributed by atoms with Gasteiger partial charge in [-0.1, -0.05) is 18.2 Å². The third-order valence-corrected chi connectivity index (χ3v) is 3.56. The highest BCUT2D eigenvalue weighted by atomic mass is 16.2.